The first-order valence-electron chi connectivity index (χ1n) is 7.40. The molecule has 0 radical (unpaired) electrons. The van der Waals surface area contributed by atoms with Gasteiger partial charge in [0.2, 0.25) is 0 Å². The van der Waals surface area contributed by atoms with Crippen molar-refractivity contribution in [1.82, 2.24) is 10.6 Å². The number of halogens is 1. The van der Waals surface area contributed by atoms with E-state index in [1.165, 1.54) is 32.1 Å². The van der Waals surface area contributed by atoms with Gasteiger partial charge in [0, 0.05) is 32.8 Å². The fourth-order valence-corrected chi connectivity index (χ4v) is 2.31. The normalized spacial score (nSPS) is 16.2. The van der Waals surface area contributed by atoms with Gasteiger partial charge in [0.05, 0.1) is 0 Å². The van der Waals surface area contributed by atoms with Crippen LogP contribution in [-0.4, -0.2) is 38.8 Å². The lowest BCUT2D eigenvalue weighted by atomic mass is 10.2. The molecular weight excluding hydrogens is 353 g/mol. The van der Waals surface area contributed by atoms with Crippen LogP contribution in [0.5, 0.6) is 0 Å². The van der Waals surface area contributed by atoms with Crippen molar-refractivity contribution in [3.8, 4) is 0 Å². The van der Waals surface area contributed by atoms with Crippen molar-refractivity contribution in [2.45, 2.75) is 57.9 Å². The minimum absolute atomic E-state index is 0. The Labute approximate surface area is 135 Å². The summed E-state index contributed by atoms with van der Waals surface area (Å²) in [5.41, 5.74) is 0. The Morgan fingerprint density at radius 1 is 1.21 bits per heavy atom. The Hall–Kier alpha value is -0.0400. The molecule has 2 N–H and O–H groups in total. The van der Waals surface area contributed by atoms with Gasteiger partial charge in [-0.15, -0.1) is 24.0 Å². The highest BCUT2D eigenvalue weighted by molar-refractivity contribution is 14.0. The van der Waals surface area contributed by atoms with Crippen molar-refractivity contribution >= 4 is 29.9 Å². The van der Waals surface area contributed by atoms with E-state index in [0.717, 1.165) is 38.5 Å². The summed E-state index contributed by atoms with van der Waals surface area (Å²) in [6.45, 7) is 4.82. The van der Waals surface area contributed by atoms with Crippen LogP contribution in [0.15, 0.2) is 4.99 Å². The van der Waals surface area contributed by atoms with Crippen molar-refractivity contribution in [2.24, 2.45) is 4.99 Å². The second-order valence-electron chi connectivity index (χ2n) is 4.94. The summed E-state index contributed by atoms with van der Waals surface area (Å²) >= 11 is 0. The standard InChI is InChI=1S/C14H29N3O.HI/c1-3-15-14(17-13-9-5-6-10-13)16-11-7-4-8-12-18-2;/h13H,3-12H2,1-2H3,(H2,15,16,17);1H. The number of hydrogen-bond acceptors (Lipinski definition) is 2. The van der Waals surface area contributed by atoms with Gasteiger partial charge in [-0.2, -0.15) is 0 Å². The molecule has 0 aromatic rings. The molecule has 1 aliphatic carbocycles. The zero-order valence-corrected chi connectivity index (χ0v) is 14.7. The van der Waals surface area contributed by atoms with Crippen LogP contribution < -0.4 is 10.6 Å². The predicted octanol–water partition coefficient (Wildman–Crippen LogP) is 2.92. The van der Waals surface area contributed by atoms with Gasteiger partial charge in [-0.3, -0.25) is 4.99 Å². The van der Waals surface area contributed by atoms with Crippen LogP contribution in [-0.2, 0) is 4.74 Å². The van der Waals surface area contributed by atoms with Crippen LogP contribution in [0.2, 0.25) is 0 Å². The van der Waals surface area contributed by atoms with Crippen LogP contribution in [0, 0.1) is 0 Å². The van der Waals surface area contributed by atoms with Gasteiger partial charge in [-0.05, 0) is 39.0 Å². The maximum absolute atomic E-state index is 5.04. The molecule has 1 aliphatic rings. The van der Waals surface area contributed by atoms with Crippen molar-refractivity contribution in [3.63, 3.8) is 0 Å². The summed E-state index contributed by atoms with van der Waals surface area (Å²) in [5.74, 6) is 0.996. The number of nitrogens with zero attached hydrogens (tertiary/aromatic N) is 1. The summed E-state index contributed by atoms with van der Waals surface area (Å²) in [7, 11) is 1.76. The van der Waals surface area contributed by atoms with E-state index in [1.54, 1.807) is 7.11 Å². The molecule has 1 fully saturated rings. The van der Waals surface area contributed by atoms with E-state index < -0.39 is 0 Å². The third kappa shape index (κ3) is 9.49. The molecule has 1 rings (SSSR count). The van der Waals surface area contributed by atoms with Crippen LogP contribution in [0.25, 0.3) is 0 Å². The van der Waals surface area contributed by atoms with Gasteiger partial charge in [0.15, 0.2) is 5.96 Å². The molecule has 0 amide bonds. The van der Waals surface area contributed by atoms with Crippen LogP contribution in [0.4, 0.5) is 0 Å². The molecule has 0 saturated heterocycles. The number of aliphatic imine (C=N–C) groups is 1. The third-order valence-corrected chi connectivity index (χ3v) is 3.32. The van der Waals surface area contributed by atoms with Gasteiger partial charge in [0.1, 0.15) is 0 Å². The number of ether oxygens (including phenoxy) is 1. The van der Waals surface area contributed by atoms with Gasteiger partial charge < -0.3 is 15.4 Å². The fraction of sp³-hybridized carbons (Fsp3) is 0.929. The Kier molecular flexibility index (Phi) is 12.9. The number of nitrogens with one attached hydrogen (secondary N) is 2. The second kappa shape index (κ2) is 13.0. The van der Waals surface area contributed by atoms with E-state index in [4.69, 9.17) is 4.74 Å². The molecule has 0 heterocycles. The number of methoxy groups -OCH3 is 1. The van der Waals surface area contributed by atoms with E-state index in [1.807, 2.05) is 0 Å². The lowest BCUT2D eigenvalue weighted by Crippen LogP contribution is -2.42. The largest absolute Gasteiger partial charge is 0.385 e. The van der Waals surface area contributed by atoms with Crippen LogP contribution in [0.1, 0.15) is 51.9 Å². The smallest absolute Gasteiger partial charge is 0.191 e. The molecule has 114 valence electrons. The summed E-state index contributed by atoms with van der Waals surface area (Å²) in [5, 5.41) is 6.86. The lowest BCUT2D eigenvalue weighted by molar-refractivity contribution is 0.192. The minimum atomic E-state index is 0. The van der Waals surface area contributed by atoms with Gasteiger partial charge in [-0.1, -0.05) is 12.8 Å². The molecule has 0 aromatic heterocycles. The van der Waals surface area contributed by atoms with Crippen molar-refractivity contribution in [2.75, 3.05) is 26.8 Å². The molecule has 0 aromatic carbocycles. The molecule has 0 aliphatic heterocycles. The summed E-state index contributed by atoms with van der Waals surface area (Å²) in [6, 6.07) is 0.635. The predicted molar refractivity (Wildman–Crippen MR) is 92.5 cm³/mol. The van der Waals surface area contributed by atoms with E-state index >= 15 is 0 Å². The quantitative estimate of drug-likeness (QED) is 0.293. The highest BCUT2D eigenvalue weighted by Gasteiger charge is 2.15. The molecule has 4 nitrogen and oxygen atoms in total. The average Bonchev–Trinajstić information content (AvgIpc) is 2.86. The molecule has 1 saturated carbocycles. The Morgan fingerprint density at radius 2 is 1.95 bits per heavy atom. The molecule has 0 bridgehead atoms. The van der Waals surface area contributed by atoms with E-state index in [2.05, 4.69) is 22.5 Å². The highest BCUT2D eigenvalue weighted by atomic mass is 127. The molecule has 19 heavy (non-hydrogen) atoms. The van der Waals surface area contributed by atoms with E-state index in [0.29, 0.717) is 6.04 Å². The fourth-order valence-electron chi connectivity index (χ4n) is 2.31. The lowest BCUT2D eigenvalue weighted by Gasteiger charge is -2.16. The Morgan fingerprint density at radius 3 is 2.58 bits per heavy atom. The average molecular weight is 383 g/mol. The molecule has 0 spiro atoms. The number of hydrogen-bond donors (Lipinski definition) is 2. The molecular formula is C14H30IN3O. The monoisotopic (exact) mass is 383 g/mol. The third-order valence-electron chi connectivity index (χ3n) is 3.32. The topological polar surface area (TPSA) is 45.7 Å². The van der Waals surface area contributed by atoms with E-state index in [-0.39, 0.29) is 24.0 Å². The van der Waals surface area contributed by atoms with Gasteiger partial charge >= 0.3 is 0 Å². The van der Waals surface area contributed by atoms with Crippen LogP contribution >= 0.6 is 24.0 Å². The number of guanidine groups is 1. The molecule has 0 atom stereocenters. The first-order valence-corrected chi connectivity index (χ1v) is 7.40. The SMILES string of the molecule is CCNC(=NCCCCCOC)NC1CCCC1.I. The van der Waals surface area contributed by atoms with Crippen molar-refractivity contribution < 1.29 is 4.74 Å². The first kappa shape index (κ1) is 19.0. The van der Waals surface area contributed by atoms with Gasteiger partial charge in [-0.25, -0.2) is 0 Å². The maximum atomic E-state index is 5.04. The van der Waals surface area contributed by atoms with Crippen molar-refractivity contribution in [3.05, 3.63) is 0 Å². The second-order valence-corrected chi connectivity index (χ2v) is 4.94. The molecule has 5 heteroatoms. The number of unbranched alkanes of at least 4 members (excludes halogenated alkanes) is 2. The summed E-state index contributed by atoms with van der Waals surface area (Å²) in [4.78, 5) is 4.63. The number of rotatable bonds is 8. The van der Waals surface area contributed by atoms with Crippen LogP contribution in [0.3, 0.4) is 0 Å². The zero-order chi connectivity index (χ0) is 13.1. The highest BCUT2D eigenvalue weighted by Crippen LogP contribution is 2.17. The molecule has 0 unspecified atom stereocenters. The minimum Gasteiger partial charge on any atom is -0.385 e. The summed E-state index contributed by atoms with van der Waals surface area (Å²) in [6.07, 6.45) is 8.77. The maximum Gasteiger partial charge on any atom is 0.191 e. The Bertz CT molecular complexity index is 231. The van der Waals surface area contributed by atoms with E-state index in [9.17, 15) is 0 Å². The first-order chi connectivity index (χ1) is 8.86. The van der Waals surface area contributed by atoms with Gasteiger partial charge in [0.25, 0.3) is 0 Å². The zero-order valence-electron chi connectivity index (χ0n) is 12.4. The Balaban J connectivity index is 0.00000324. The van der Waals surface area contributed by atoms with Crippen molar-refractivity contribution in [1.29, 1.82) is 0 Å². The summed E-state index contributed by atoms with van der Waals surface area (Å²) < 4.78 is 5.04.